The molecule has 0 saturated heterocycles. The summed E-state index contributed by atoms with van der Waals surface area (Å²) in [6.07, 6.45) is 0. The van der Waals surface area contributed by atoms with E-state index in [1.54, 1.807) is 19.1 Å². The maximum absolute atomic E-state index is 12.6. The highest BCUT2D eigenvalue weighted by atomic mass is 32.2. The van der Waals surface area contributed by atoms with E-state index in [2.05, 4.69) is 20.3 Å². The van der Waals surface area contributed by atoms with Crippen LogP contribution in [0.25, 0.3) is 11.4 Å². The second-order valence-corrected chi connectivity index (χ2v) is 7.61. The van der Waals surface area contributed by atoms with Crippen molar-refractivity contribution < 1.29 is 18.3 Å². The quantitative estimate of drug-likeness (QED) is 0.572. The summed E-state index contributed by atoms with van der Waals surface area (Å²) in [6.45, 7) is 0.725. The van der Waals surface area contributed by atoms with Gasteiger partial charge in [0.05, 0.1) is 10.9 Å². The molecule has 29 heavy (non-hydrogen) atoms. The lowest BCUT2D eigenvalue weighted by atomic mass is 10.1. The van der Waals surface area contributed by atoms with Crippen LogP contribution in [0.15, 0.2) is 53.7 Å². The first kappa shape index (κ1) is 20.8. The van der Waals surface area contributed by atoms with Gasteiger partial charge in [0.25, 0.3) is 0 Å². The molecule has 9 heteroatoms. The van der Waals surface area contributed by atoms with E-state index in [4.69, 9.17) is 0 Å². The number of carbonyl (C=O) groups is 1. The highest BCUT2D eigenvalue weighted by molar-refractivity contribution is 8.00. The fourth-order valence-electron chi connectivity index (χ4n) is 2.69. The van der Waals surface area contributed by atoms with Gasteiger partial charge in [-0.05, 0) is 31.5 Å². The molecule has 1 atom stereocenters. The van der Waals surface area contributed by atoms with Crippen LogP contribution in [0.4, 0.5) is 14.5 Å². The Kier molecular flexibility index (Phi) is 6.48. The molecule has 0 unspecified atom stereocenters. The number of nitrogens with zero attached hydrogens (tertiary/aromatic N) is 3. The predicted octanol–water partition coefficient (Wildman–Crippen LogP) is 4.51. The highest BCUT2D eigenvalue weighted by Gasteiger charge is 2.21. The number of aromatic nitrogens is 3. The number of anilines is 1. The van der Waals surface area contributed by atoms with Crippen LogP contribution in [0.2, 0.25) is 0 Å². The van der Waals surface area contributed by atoms with Crippen molar-refractivity contribution in [3.05, 3.63) is 54.1 Å². The summed E-state index contributed by atoms with van der Waals surface area (Å²) in [5, 5.41) is 11.1. The maximum Gasteiger partial charge on any atom is 0.387 e. The third-order valence-corrected chi connectivity index (χ3v) is 5.37. The zero-order valence-corrected chi connectivity index (χ0v) is 16.9. The van der Waals surface area contributed by atoms with Crippen LogP contribution in [0.3, 0.4) is 0 Å². The van der Waals surface area contributed by atoms with Gasteiger partial charge in [0.2, 0.25) is 5.91 Å². The maximum atomic E-state index is 12.6. The number of ether oxygens (including phenoxy) is 1. The molecule has 6 nitrogen and oxygen atoms in total. The summed E-state index contributed by atoms with van der Waals surface area (Å²) in [7, 11) is 1.83. The van der Waals surface area contributed by atoms with E-state index in [0.717, 1.165) is 11.1 Å². The van der Waals surface area contributed by atoms with Gasteiger partial charge in [-0.1, -0.05) is 48.2 Å². The SMILES string of the molecule is Cc1ccccc1-c1nnc(S[C@H](C)C(=O)Nc2ccccc2OC(F)F)n1C. The summed E-state index contributed by atoms with van der Waals surface area (Å²) < 4.78 is 31.4. The van der Waals surface area contributed by atoms with Crippen molar-refractivity contribution in [2.75, 3.05) is 5.32 Å². The van der Waals surface area contributed by atoms with Crippen LogP contribution < -0.4 is 10.1 Å². The molecule has 1 heterocycles. The Morgan fingerprint density at radius 3 is 2.55 bits per heavy atom. The minimum atomic E-state index is -2.97. The van der Waals surface area contributed by atoms with Crippen molar-refractivity contribution in [1.29, 1.82) is 0 Å². The Labute approximate surface area is 171 Å². The minimum absolute atomic E-state index is 0.0893. The lowest BCUT2D eigenvalue weighted by Crippen LogP contribution is -2.23. The lowest BCUT2D eigenvalue weighted by Gasteiger charge is -2.14. The normalized spacial score (nSPS) is 12.1. The Morgan fingerprint density at radius 1 is 1.14 bits per heavy atom. The molecule has 1 amide bonds. The number of benzene rings is 2. The molecule has 1 N–H and O–H groups in total. The zero-order chi connectivity index (χ0) is 21.0. The number of rotatable bonds is 7. The van der Waals surface area contributed by atoms with Crippen LogP contribution in [0, 0.1) is 6.92 Å². The number of aryl methyl sites for hydroxylation is 1. The molecule has 0 aliphatic carbocycles. The largest absolute Gasteiger partial charge is 0.433 e. The molecule has 1 aromatic heterocycles. The van der Waals surface area contributed by atoms with Crippen LogP contribution in [0.5, 0.6) is 5.75 Å². The number of hydrogen-bond donors (Lipinski definition) is 1. The number of para-hydroxylation sites is 2. The van der Waals surface area contributed by atoms with Crippen molar-refractivity contribution in [2.45, 2.75) is 30.9 Å². The first-order valence-electron chi connectivity index (χ1n) is 8.83. The molecule has 3 aromatic rings. The van der Waals surface area contributed by atoms with E-state index < -0.39 is 11.9 Å². The van der Waals surface area contributed by atoms with Crippen LogP contribution in [-0.2, 0) is 11.8 Å². The second kappa shape index (κ2) is 9.04. The smallest absolute Gasteiger partial charge is 0.387 e. The Balaban J connectivity index is 1.72. The van der Waals surface area contributed by atoms with E-state index in [1.807, 2.05) is 42.8 Å². The topological polar surface area (TPSA) is 69.0 Å². The van der Waals surface area contributed by atoms with Gasteiger partial charge in [-0.25, -0.2) is 0 Å². The molecule has 0 bridgehead atoms. The lowest BCUT2D eigenvalue weighted by molar-refractivity contribution is -0.115. The van der Waals surface area contributed by atoms with Gasteiger partial charge in [0.1, 0.15) is 5.75 Å². The molecular weight excluding hydrogens is 398 g/mol. The average molecular weight is 418 g/mol. The molecule has 0 fully saturated rings. The number of amides is 1. The molecule has 0 spiro atoms. The fourth-order valence-corrected chi connectivity index (χ4v) is 3.51. The van der Waals surface area contributed by atoms with E-state index in [9.17, 15) is 13.6 Å². The van der Waals surface area contributed by atoms with Gasteiger partial charge >= 0.3 is 6.61 Å². The van der Waals surface area contributed by atoms with Crippen molar-refractivity contribution in [3.63, 3.8) is 0 Å². The number of carbonyl (C=O) groups excluding carboxylic acids is 1. The second-order valence-electron chi connectivity index (χ2n) is 6.30. The van der Waals surface area contributed by atoms with Gasteiger partial charge < -0.3 is 14.6 Å². The summed E-state index contributed by atoms with van der Waals surface area (Å²) in [4.78, 5) is 12.6. The highest BCUT2D eigenvalue weighted by Crippen LogP contribution is 2.29. The average Bonchev–Trinajstić information content (AvgIpc) is 3.03. The summed E-state index contributed by atoms with van der Waals surface area (Å²) in [5.41, 5.74) is 2.22. The van der Waals surface area contributed by atoms with Gasteiger partial charge in [-0.15, -0.1) is 10.2 Å². The number of hydrogen-bond acceptors (Lipinski definition) is 5. The predicted molar refractivity (Wildman–Crippen MR) is 108 cm³/mol. The molecule has 3 rings (SSSR count). The number of thioether (sulfide) groups is 1. The van der Waals surface area contributed by atoms with Gasteiger partial charge in [0, 0.05) is 12.6 Å². The van der Waals surface area contributed by atoms with Gasteiger partial charge in [-0.2, -0.15) is 8.78 Å². The van der Waals surface area contributed by atoms with Crippen molar-refractivity contribution in [2.24, 2.45) is 7.05 Å². The standard InChI is InChI=1S/C20H20F2N4O2S/c1-12-8-4-5-9-14(12)17-24-25-20(26(17)3)29-13(2)18(27)23-15-10-6-7-11-16(15)28-19(21)22/h4-11,13,19H,1-3H3,(H,23,27)/t13-/m1/s1. The number of alkyl halides is 2. The number of halogens is 2. The van der Waals surface area contributed by atoms with E-state index >= 15 is 0 Å². The number of nitrogens with one attached hydrogen (secondary N) is 1. The monoisotopic (exact) mass is 418 g/mol. The van der Waals surface area contributed by atoms with Crippen LogP contribution in [0.1, 0.15) is 12.5 Å². The summed E-state index contributed by atoms with van der Waals surface area (Å²) >= 11 is 1.23. The molecule has 0 saturated carbocycles. The Morgan fingerprint density at radius 2 is 1.83 bits per heavy atom. The molecule has 2 aromatic carbocycles. The van der Waals surface area contributed by atoms with E-state index in [1.165, 1.54) is 23.9 Å². The minimum Gasteiger partial charge on any atom is -0.433 e. The molecule has 0 aliphatic rings. The van der Waals surface area contributed by atoms with Crippen molar-refractivity contribution >= 4 is 23.4 Å². The molecule has 0 radical (unpaired) electrons. The van der Waals surface area contributed by atoms with Gasteiger partial charge in [-0.3, -0.25) is 4.79 Å². The van der Waals surface area contributed by atoms with Crippen molar-refractivity contribution in [3.8, 4) is 17.1 Å². The van der Waals surface area contributed by atoms with Crippen molar-refractivity contribution in [1.82, 2.24) is 14.8 Å². The Hall–Kier alpha value is -2.94. The van der Waals surface area contributed by atoms with Crippen LogP contribution in [-0.4, -0.2) is 32.5 Å². The third kappa shape index (κ3) is 4.92. The summed E-state index contributed by atoms with van der Waals surface area (Å²) in [5.74, 6) is 0.253. The fraction of sp³-hybridized carbons (Fsp3) is 0.250. The molecule has 152 valence electrons. The zero-order valence-electron chi connectivity index (χ0n) is 16.1. The first-order chi connectivity index (χ1) is 13.9. The Bertz CT molecular complexity index is 1010. The van der Waals surface area contributed by atoms with Crippen LogP contribution >= 0.6 is 11.8 Å². The van der Waals surface area contributed by atoms with E-state index in [-0.39, 0.29) is 17.3 Å². The first-order valence-corrected chi connectivity index (χ1v) is 9.71. The van der Waals surface area contributed by atoms with E-state index in [0.29, 0.717) is 11.0 Å². The third-order valence-electron chi connectivity index (χ3n) is 4.23. The summed E-state index contributed by atoms with van der Waals surface area (Å²) in [6, 6.07) is 13.9. The molecule has 0 aliphatic heterocycles. The van der Waals surface area contributed by atoms with Gasteiger partial charge in [0.15, 0.2) is 11.0 Å². The molecular formula is C20H20F2N4O2S.